The van der Waals surface area contributed by atoms with Gasteiger partial charge in [-0.1, -0.05) is 17.7 Å². The van der Waals surface area contributed by atoms with Crippen LogP contribution in [0.2, 0.25) is 0 Å². The van der Waals surface area contributed by atoms with Gasteiger partial charge in [0.25, 0.3) is 0 Å². The number of H-pyrrole nitrogens is 1. The number of aryl methyl sites for hydroxylation is 1. The van der Waals surface area contributed by atoms with E-state index in [-0.39, 0.29) is 22.8 Å². The molecule has 0 bridgehead atoms. The van der Waals surface area contributed by atoms with Crippen molar-refractivity contribution >= 4 is 29.4 Å². The maximum Gasteiger partial charge on any atom is 0.424 e. The zero-order valence-electron chi connectivity index (χ0n) is 17.8. The summed E-state index contributed by atoms with van der Waals surface area (Å²) in [6.45, 7) is 1.62. The van der Waals surface area contributed by atoms with Crippen molar-refractivity contribution in [3.05, 3.63) is 47.4 Å². The highest BCUT2D eigenvalue weighted by atomic mass is 19.4. The van der Waals surface area contributed by atoms with Gasteiger partial charge in [0.2, 0.25) is 5.60 Å². The van der Waals surface area contributed by atoms with Crippen LogP contribution in [-0.4, -0.2) is 72.4 Å². The van der Waals surface area contributed by atoms with Crippen LogP contribution in [0.5, 0.6) is 0 Å². The maximum atomic E-state index is 13.7. The monoisotopic (exact) mass is 491 g/mol. The number of halogens is 6. The van der Waals surface area contributed by atoms with Gasteiger partial charge in [0, 0.05) is 16.8 Å². The van der Waals surface area contributed by atoms with E-state index in [2.05, 4.69) is 20.2 Å². The van der Waals surface area contributed by atoms with E-state index >= 15 is 0 Å². The highest BCUT2D eigenvalue weighted by molar-refractivity contribution is 6.59. The van der Waals surface area contributed by atoms with E-state index in [0.717, 1.165) is 12.3 Å². The molecule has 0 aliphatic heterocycles. The summed E-state index contributed by atoms with van der Waals surface area (Å²) < 4.78 is 80.6. The summed E-state index contributed by atoms with van der Waals surface area (Å²) in [5, 5.41) is 24.0. The number of nitrogens with zero attached hydrogens (tertiary/aromatic N) is 3. The fraction of sp³-hybridized carbons (Fsp3) is 0.316. The molecule has 2 atom stereocenters. The first-order valence-electron chi connectivity index (χ1n) is 9.57. The van der Waals surface area contributed by atoms with Gasteiger partial charge in [-0.25, -0.2) is 9.97 Å². The molecule has 0 saturated carbocycles. The lowest BCUT2D eigenvalue weighted by Crippen LogP contribution is -2.57. The smallest absolute Gasteiger partial charge is 0.382 e. The summed E-state index contributed by atoms with van der Waals surface area (Å²) in [6.07, 6.45) is -13.7. The molecule has 0 fully saturated rings. The number of benzene rings is 1. The molecule has 0 aliphatic rings. The van der Waals surface area contributed by atoms with Crippen LogP contribution in [0.3, 0.4) is 0 Å². The van der Waals surface area contributed by atoms with Crippen molar-refractivity contribution in [3.8, 4) is 22.5 Å². The Hall–Kier alpha value is -3.00. The van der Waals surface area contributed by atoms with Crippen molar-refractivity contribution in [2.45, 2.75) is 36.1 Å². The molecule has 2 heterocycles. The minimum absolute atomic E-state index is 0.0307. The van der Waals surface area contributed by atoms with E-state index in [9.17, 15) is 36.6 Å². The molecule has 16 heteroatoms. The first-order valence-corrected chi connectivity index (χ1v) is 9.57. The first-order chi connectivity index (χ1) is 15.9. The highest BCUT2D eigenvalue weighted by Gasteiger charge is 2.67. The minimum atomic E-state index is -5.96. The number of aromatic amines is 1. The highest BCUT2D eigenvalue weighted by Crippen LogP contribution is 2.47. The van der Waals surface area contributed by atoms with Crippen LogP contribution in [0, 0.1) is 6.92 Å². The first kappa shape index (κ1) is 26.6. The maximum absolute atomic E-state index is 13.7. The molecule has 0 aliphatic carbocycles. The number of aromatic nitrogens is 4. The van der Waals surface area contributed by atoms with Gasteiger partial charge in [0.15, 0.2) is 6.10 Å². The topological polar surface area (TPSA) is 121 Å². The van der Waals surface area contributed by atoms with Crippen LogP contribution < -0.4 is 5.73 Å². The van der Waals surface area contributed by atoms with Gasteiger partial charge in [-0.05, 0) is 18.6 Å². The number of anilines is 1. The van der Waals surface area contributed by atoms with E-state index in [4.69, 9.17) is 29.3 Å². The minimum Gasteiger partial charge on any atom is -0.382 e. The summed E-state index contributed by atoms with van der Waals surface area (Å²) in [6, 6.07) is 1.74. The summed E-state index contributed by atoms with van der Waals surface area (Å²) >= 11 is 0. The van der Waals surface area contributed by atoms with Crippen molar-refractivity contribution in [3.63, 3.8) is 0 Å². The normalized spacial score (nSPS) is 15.6. The molecule has 0 spiro atoms. The number of aliphatic hydroxyl groups is 2. The fourth-order valence-corrected chi connectivity index (χ4v) is 3.40. The molecule has 2 unspecified atom stereocenters. The Labute approximate surface area is 198 Å². The van der Waals surface area contributed by atoms with Gasteiger partial charge in [-0.2, -0.15) is 31.4 Å². The third kappa shape index (κ3) is 4.76. The predicted octanol–water partition coefficient (Wildman–Crippen LogP) is 1.71. The molecule has 1 aromatic carbocycles. The molecule has 7 nitrogen and oxygen atoms in total. The van der Waals surface area contributed by atoms with Crippen LogP contribution in [0.15, 0.2) is 30.6 Å². The van der Waals surface area contributed by atoms with Crippen molar-refractivity contribution in [2.24, 2.45) is 0 Å². The molecule has 3 aromatic rings. The average Bonchev–Trinajstić information content (AvgIpc) is 3.16. The van der Waals surface area contributed by atoms with Gasteiger partial charge < -0.3 is 15.9 Å². The summed E-state index contributed by atoms with van der Waals surface area (Å²) in [7, 11) is 17.1. The SMILES string of the molecule is [B]C([B])([B])c1ccc(C(O)(C(O)C(F)(F)F)C(F)(F)F)cc1-c1cnc(N)c(-c2cn[nH]c2C)n1. The summed E-state index contributed by atoms with van der Waals surface area (Å²) in [5.74, 6) is -0.102. The van der Waals surface area contributed by atoms with Crippen LogP contribution in [0.4, 0.5) is 32.2 Å². The number of nitrogens with two attached hydrogens (primary N) is 1. The molecular weight excluding hydrogens is 477 g/mol. The predicted molar refractivity (Wildman–Crippen MR) is 115 cm³/mol. The van der Waals surface area contributed by atoms with Crippen LogP contribution in [-0.2, 0) is 10.7 Å². The fourth-order valence-electron chi connectivity index (χ4n) is 3.40. The molecule has 5 N–H and O–H groups in total. The lowest BCUT2D eigenvalue weighted by Gasteiger charge is -2.36. The van der Waals surface area contributed by atoms with Gasteiger partial charge in [0.05, 0.1) is 41.6 Å². The number of hydrogen-bond donors (Lipinski definition) is 4. The third-order valence-corrected chi connectivity index (χ3v) is 5.23. The van der Waals surface area contributed by atoms with E-state index < -0.39 is 40.3 Å². The van der Waals surface area contributed by atoms with Gasteiger partial charge in [0.1, 0.15) is 11.5 Å². The Morgan fingerprint density at radius 1 is 1.03 bits per heavy atom. The third-order valence-electron chi connectivity index (χ3n) is 5.23. The van der Waals surface area contributed by atoms with Crippen LogP contribution in [0.25, 0.3) is 22.5 Å². The Bertz CT molecular complexity index is 1240. The van der Waals surface area contributed by atoms with Crippen molar-refractivity contribution in [2.75, 3.05) is 5.73 Å². The Kier molecular flexibility index (Phi) is 6.53. The Morgan fingerprint density at radius 2 is 1.66 bits per heavy atom. The molecule has 35 heavy (non-hydrogen) atoms. The second-order valence-corrected chi connectivity index (χ2v) is 7.80. The average molecular weight is 491 g/mol. The number of nitrogens with one attached hydrogen (secondary N) is 1. The van der Waals surface area contributed by atoms with E-state index in [1.807, 2.05) is 0 Å². The van der Waals surface area contributed by atoms with E-state index in [0.29, 0.717) is 23.4 Å². The molecule has 0 amide bonds. The summed E-state index contributed by atoms with van der Waals surface area (Å²) in [4.78, 5) is 8.16. The number of aliphatic hydroxyl groups excluding tert-OH is 1. The van der Waals surface area contributed by atoms with E-state index in [1.54, 1.807) is 6.92 Å². The van der Waals surface area contributed by atoms with Gasteiger partial charge in [-0.15, -0.1) is 5.11 Å². The second-order valence-electron chi connectivity index (χ2n) is 7.80. The molecule has 0 saturated heterocycles. The lowest BCUT2D eigenvalue weighted by atomic mass is 9.39. The number of alkyl halides is 6. The van der Waals surface area contributed by atoms with Crippen LogP contribution >= 0.6 is 0 Å². The zero-order valence-corrected chi connectivity index (χ0v) is 17.8. The largest absolute Gasteiger partial charge is 0.424 e. The number of rotatable bonds is 5. The molecule has 3 rings (SSSR count). The second kappa shape index (κ2) is 8.59. The molecule has 6 radical (unpaired) electrons. The van der Waals surface area contributed by atoms with E-state index in [1.165, 1.54) is 6.20 Å². The Balaban J connectivity index is 2.33. The molecule has 2 aromatic heterocycles. The zero-order chi connectivity index (χ0) is 26.6. The standard InChI is InChI=1S/C19H14B3F6N5O2/c1-7-10(5-31-33-7)13-14(29)30-6-12(32-13)9-4-8(2-3-11(9)17(20,21)22)16(35,19(26,27)28)15(34)18(23,24)25/h2-6,15,34-35H,1H3,(H2,29,30)(H,31,33). The summed E-state index contributed by atoms with van der Waals surface area (Å²) in [5.41, 5.74) is -0.286. The van der Waals surface area contributed by atoms with Crippen molar-refractivity contribution < 1.29 is 36.6 Å². The van der Waals surface area contributed by atoms with Crippen molar-refractivity contribution in [1.82, 2.24) is 20.2 Å². The number of hydrogen-bond acceptors (Lipinski definition) is 6. The quantitative estimate of drug-likeness (QED) is 0.319. The molecule has 178 valence electrons. The molecular formula is C19H14B3F6N5O2. The van der Waals surface area contributed by atoms with Gasteiger partial charge in [-0.3, -0.25) is 5.10 Å². The van der Waals surface area contributed by atoms with Crippen molar-refractivity contribution in [1.29, 1.82) is 0 Å². The van der Waals surface area contributed by atoms with Gasteiger partial charge >= 0.3 is 12.4 Å². The van der Waals surface area contributed by atoms with Crippen LogP contribution in [0.1, 0.15) is 16.8 Å². The number of nitrogen functional groups attached to an aromatic ring is 1. The lowest BCUT2D eigenvalue weighted by molar-refractivity contribution is -0.347. The Morgan fingerprint density at radius 3 is 2.14 bits per heavy atom.